The lowest BCUT2D eigenvalue weighted by Gasteiger charge is -2.27. The summed E-state index contributed by atoms with van der Waals surface area (Å²) >= 11 is 0. The summed E-state index contributed by atoms with van der Waals surface area (Å²) in [7, 11) is 0. The maximum Gasteiger partial charge on any atom is 0.229 e. The van der Waals surface area contributed by atoms with Gasteiger partial charge in [-0.05, 0) is 56.5 Å². The van der Waals surface area contributed by atoms with Crippen molar-refractivity contribution >= 4 is 17.5 Å². The number of nitrogens with zero attached hydrogens (tertiary/aromatic N) is 3. The Morgan fingerprint density at radius 2 is 1.86 bits per heavy atom. The monoisotopic (exact) mass is 298 g/mol. The average molecular weight is 298 g/mol. The molecule has 0 bridgehead atoms. The second-order valence-corrected chi connectivity index (χ2v) is 5.37. The fourth-order valence-electron chi connectivity index (χ4n) is 2.64. The van der Waals surface area contributed by atoms with E-state index in [1.807, 2.05) is 43.5 Å². The van der Waals surface area contributed by atoms with E-state index < -0.39 is 0 Å². The lowest BCUT2D eigenvalue weighted by atomic mass is 10.1. The van der Waals surface area contributed by atoms with E-state index in [4.69, 9.17) is 4.74 Å². The van der Waals surface area contributed by atoms with Gasteiger partial charge in [0.15, 0.2) is 0 Å². The Balaban J connectivity index is 1.69. The summed E-state index contributed by atoms with van der Waals surface area (Å²) in [6, 6.07) is 9.82. The van der Waals surface area contributed by atoms with E-state index in [2.05, 4.69) is 20.2 Å². The summed E-state index contributed by atoms with van der Waals surface area (Å²) in [6.07, 6.45) is 5.62. The Kier molecular flexibility index (Phi) is 4.73. The number of piperidine rings is 1. The van der Waals surface area contributed by atoms with Gasteiger partial charge in [-0.25, -0.2) is 4.98 Å². The van der Waals surface area contributed by atoms with Crippen molar-refractivity contribution in [2.75, 3.05) is 29.9 Å². The number of ether oxygens (including phenoxy) is 1. The van der Waals surface area contributed by atoms with Crippen LogP contribution in [-0.2, 0) is 0 Å². The highest BCUT2D eigenvalue weighted by Crippen LogP contribution is 2.21. The average Bonchev–Trinajstić information content (AvgIpc) is 2.58. The molecule has 0 atom stereocenters. The first-order chi connectivity index (χ1) is 10.8. The summed E-state index contributed by atoms with van der Waals surface area (Å²) in [6.45, 7) is 4.82. The van der Waals surface area contributed by atoms with Crippen LogP contribution in [0.15, 0.2) is 36.5 Å². The number of hydrogen-bond acceptors (Lipinski definition) is 5. The number of benzene rings is 1. The predicted molar refractivity (Wildman–Crippen MR) is 89.0 cm³/mol. The Hall–Kier alpha value is -2.30. The molecular formula is C17H22N4O. The highest BCUT2D eigenvalue weighted by Gasteiger charge is 2.12. The molecule has 2 heterocycles. The molecule has 3 rings (SSSR count). The van der Waals surface area contributed by atoms with Crippen LogP contribution < -0.4 is 15.0 Å². The zero-order valence-electron chi connectivity index (χ0n) is 13.0. The van der Waals surface area contributed by atoms with Gasteiger partial charge in [0, 0.05) is 25.0 Å². The number of hydrogen-bond donors (Lipinski definition) is 1. The number of aromatic nitrogens is 2. The van der Waals surface area contributed by atoms with Gasteiger partial charge < -0.3 is 15.0 Å². The third kappa shape index (κ3) is 3.67. The van der Waals surface area contributed by atoms with Crippen molar-refractivity contribution in [2.45, 2.75) is 26.2 Å². The van der Waals surface area contributed by atoms with Gasteiger partial charge in [-0.15, -0.1) is 0 Å². The smallest absolute Gasteiger partial charge is 0.229 e. The van der Waals surface area contributed by atoms with E-state index in [-0.39, 0.29) is 0 Å². The predicted octanol–water partition coefficient (Wildman–Crippen LogP) is 3.61. The summed E-state index contributed by atoms with van der Waals surface area (Å²) in [5.41, 5.74) is 0.958. The van der Waals surface area contributed by atoms with Gasteiger partial charge in [0.05, 0.1) is 6.61 Å². The number of anilines is 3. The van der Waals surface area contributed by atoms with Gasteiger partial charge >= 0.3 is 0 Å². The maximum atomic E-state index is 5.44. The van der Waals surface area contributed by atoms with E-state index in [9.17, 15) is 0 Å². The summed E-state index contributed by atoms with van der Waals surface area (Å²) < 4.78 is 5.44. The van der Waals surface area contributed by atoms with Gasteiger partial charge in [-0.1, -0.05) is 0 Å². The van der Waals surface area contributed by atoms with Crippen molar-refractivity contribution in [1.82, 2.24) is 9.97 Å². The number of nitrogens with one attached hydrogen (secondary N) is 1. The minimum atomic E-state index is 0.632. The van der Waals surface area contributed by atoms with Crippen LogP contribution in [0.25, 0.3) is 0 Å². The molecule has 116 valence electrons. The van der Waals surface area contributed by atoms with Crippen LogP contribution >= 0.6 is 0 Å². The molecule has 2 aromatic rings. The fraction of sp³-hybridized carbons (Fsp3) is 0.412. The van der Waals surface area contributed by atoms with Gasteiger partial charge in [0.1, 0.15) is 11.6 Å². The van der Waals surface area contributed by atoms with Gasteiger partial charge in [0.25, 0.3) is 0 Å². The number of rotatable bonds is 5. The van der Waals surface area contributed by atoms with Gasteiger partial charge in [-0.2, -0.15) is 4.98 Å². The van der Waals surface area contributed by atoms with Crippen LogP contribution in [0.5, 0.6) is 5.75 Å². The topological polar surface area (TPSA) is 50.3 Å². The molecule has 1 aromatic heterocycles. The van der Waals surface area contributed by atoms with Crippen LogP contribution in [0, 0.1) is 0 Å². The first kappa shape index (κ1) is 14.6. The van der Waals surface area contributed by atoms with Crippen molar-refractivity contribution in [3.8, 4) is 5.75 Å². The maximum absolute atomic E-state index is 5.44. The molecule has 1 fully saturated rings. The van der Waals surface area contributed by atoms with Crippen molar-refractivity contribution in [3.63, 3.8) is 0 Å². The van der Waals surface area contributed by atoms with Crippen LogP contribution in [0.3, 0.4) is 0 Å². The minimum Gasteiger partial charge on any atom is -0.494 e. The molecule has 0 spiro atoms. The second kappa shape index (κ2) is 7.11. The van der Waals surface area contributed by atoms with E-state index >= 15 is 0 Å². The van der Waals surface area contributed by atoms with Crippen LogP contribution in [-0.4, -0.2) is 29.7 Å². The molecule has 1 saturated heterocycles. The molecule has 0 aliphatic carbocycles. The quantitative estimate of drug-likeness (QED) is 0.914. The van der Waals surface area contributed by atoms with Crippen molar-refractivity contribution in [2.24, 2.45) is 0 Å². The van der Waals surface area contributed by atoms with Crippen LogP contribution in [0.1, 0.15) is 26.2 Å². The summed E-state index contributed by atoms with van der Waals surface area (Å²) in [5, 5.41) is 3.25. The van der Waals surface area contributed by atoms with E-state index in [1.54, 1.807) is 0 Å². The van der Waals surface area contributed by atoms with Gasteiger partial charge in [-0.3, -0.25) is 0 Å². The molecule has 22 heavy (non-hydrogen) atoms. The lowest BCUT2D eigenvalue weighted by molar-refractivity contribution is 0.340. The largest absolute Gasteiger partial charge is 0.494 e. The highest BCUT2D eigenvalue weighted by molar-refractivity contribution is 5.56. The van der Waals surface area contributed by atoms with E-state index in [0.29, 0.717) is 12.6 Å². The summed E-state index contributed by atoms with van der Waals surface area (Å²) in [4.78, 5) is 11.3. The Bertz CT molecular complexity index is 594. The second-order valence-electron chi connectivity index (χ2n) is 5.37. The summed E-state index contributed by atoms with van der Waals surface area (Å²) in [5.74, 6) is 2.51. The zero-order chi connectivity index (χ0) is 15.2. The van der Waals surface area contributed by atoms with Crippen LogP contribution in [0.2, 0.25) is 0 Å². The third-order valence-electron chi connectivity index (χ3n) is 3.74. The van der Waals surface area contributed by atoms with Crippen LogP contribution in [0.4, 0.5) is 17.5 Å². The molecule has 0 radical (unpaired) electrons. The van der Waals surface area contributed by atoms with Crippen molar-refractivity contribution in [3.05, 3.63) is 36.5 Å². The molecule has 0 unspecified atom stereocenters. The first-order valence-corrected chi connectivity index (χ1v) is 7.93. The van der Waals surface area contributed by atoms with E-state index in [0.717, 1.165) is 30.3 Å². The molecule has 0 amide bonds. The SMILES string of the molecule is CCOc1ccc(Nc2nccc(N3CCCCC3)n2)cc1. The third-order valence-corrected chi connectivity index (χ3v) is 3.74. The zero-order valence-corrected chi connectivity index (χ0v) is 13.0. The molecule has 0 saturated carbocycles. The molecule has 5 heteroatoms. The molecule has 5 nitrogen and oxygen atoms in total. The Morgan fingerprint density at radius 1 is 1.09 bits per heavy atom. The van der Waals surface area contributed by atoms with E-state index in [1.165, 1.54) is 19.3 Å². The minimum absolute atomic E-state index is 0.632. The van der Waals surface area contributed by atoms with Crippen molar-refractivity contribution < 1.29 is 4.74 Å². The fourth-order valence-corrected chi connectivity index (χ4v) is 2.64. The molecule has 1 aromatic carbocycles. The Morgan fingerprint density at radius 3 is 2.59 bits per heavy atom. The lowest BCUT2D eigenvalue weighted by Crippen LogP contribution is -2.30. The highest BCUT2D eigenvalue weighted by atomic mass is 16.5. The van der Waals surface area contributed by atoms with Crippen molar-refractivity contribution in [1.29, 1.82) is 0 Å². The normalized spacial score (nSPS) is 14.7. The molecule has 1 aliphatic rings. The molecule has 1 aliphatic heterocycles. The first-order valence-electron chi connectivity index (χ1n) is 7.93. The molecule has 1 N–H and O–H groups in total. The Labute approximate surface area is 131 Å². The molecular weight excluding hydrogens is 276 g/mol. The van der Waals surface area contributed by atoms with Gasteiger partial charge in [0.2, 0.25) is 5.95 Å². The standard InChI is InChI=1S/C17H22N4O/c1-2-22-15-8-6-14(7-9-15)19-17-18-11-10-16(20-17)21-12-4-3-5-13-21/h6-11H,2-5,12-13H2,1H3,(H,18,19,20).